The van der Waals surface area contributed by atoms with Gasteiger partial charge in [0.2, 0.25) is 5.91 Å². The van der Waals surface area contributed by atoms with Crippen molar-refractivity contribution in [1.29, 1.82) is 0 Å². The molecule has 0 spiro atoms. The molecule has 21 heavy (non-hydrogen) atoms. The molecule has 5 heteroatoms. The van der Waals surface area contributed by atoms with E-state index in [-0.39, 0.29) is 23.8 Å². The van der Waals surface area contributed by atoms with Crippen LogP contribution in [0.15, 0.2) is 24.3 Å². The zero-order valence-corrected chi connectivity index (χ0v) is 12.5. The summed E-state index contributed by atoms with van der Waals surface area (Å²) in [6, 6.07) is 6.53. The normalized spacial score (nSPS) is 20.1. The lowest BCUT2D eigenvalue weighted by Crippen LogP contribution is -2.44. The van der Waals surface area contributed by atoms with Gasteiger partial charge < -0.3 is 11.5 Å². The molecule has 116 valence electrons. The average Bonchev–Trinajstić information content (AvgIpc) is 2.42. The van der Waals surface area contributed by atoms with Crippen molar-refractivity contribution in [3.8, 4) is 0 Å². The lowest BCUT2D eigenvalue weighted by molar-refractivity contribution is -0.119. The van der Waals surface area contributed by atoms with Gasteiger partial charge in [-0.15, -0.1) is 0 Å². The summed E-state index contributed by atoms with van der Waals surface area (Å²) < 4.78 is 14.1. The van der Waals surface area contributed by atoms with E-state index in [1.54, 1.807) is 12.1 Å². The number of hydrogen-bond donors (Lipinski definition) is 2. The van der Waals surface area contributed by atoms with Crippen LogP contribution in [0.4, 0.5) is 4.39 Å². The molecule has 0 aromatic heterocycles. The van der Waals surface area contributed by atoms with E-state index in [0.29, 0.717) is 17.9 Å². The van der Waals surface area contributed by atoms with E-state index in [4.69, 9.17) is 11.5 Å². The molecule has 1 aliphatic rings. The number of rotatable bonds is 5. The number of carbonyl (C=O) groups is 1. The average molecular weight is 293 g/mol. The Morgan fingerprint density at radius 3 is 2.52 bits per heavy atom. The van der Waals surface area contributed by atoms with Gasteiger partial charge >= 0.3 is 0 Å². The molecule has 0 radical (unpaired) electrons. The summed E-state index contributed by atoms with van der Waals surface area (Å²) in [6.45, 7) is 3.55. The summed E-state index contributed by atoms with van der Waals surface area (Å²) >= 11 is 0. The largest absolute Gasteiger partial charge is 0.370 e. The monoisotopic (exact) mass is 293 g/mol. The van der Waals surface area contributed by atoms with Crippen LogP contribution < -0.4 is 11.5 Å². The Morgan fingerprint density at radius 2 is 2.00 bits per heavy atom. The van der Waals surface area contributed by atoms with E-state index in [2.05, 4.69) is 4.90 Å². The quantitative estimate of drug-likeness (QED) is 0.869. The Balaban J connectivity index is 2.08. The second-order valence-corrected chi connectivity index (χ2v) is 5.98. The van der Waals surface area contributed by atoms with Crippen LogP contribution in [0.25, 0.3) is 0 Å². The third kappa shape index (κ3) is 4.02. The number of primary amides is 1. The van der Waals surface area contributed by atoms with E-state index in [1.165, 1.54) is 6.07 Å². The Hall–Kier alpha value is -1.46. The number of nitrogens with zero attached hydrogens (tertiary/aromatic N) is 1. The van der Waals surface area contributed by atoms with Gasteiger partial charge in [-0.25, -0.2) is 4.39 Å². The highest BCUT2D eigenvalue weighted by atomic mass is 19.1. The number of hydrogen-bond acceptors (Lipinski definition) is 3. The zero-order chi connectivity index (χ0) is 15.4. The zero-order valence-electron chi connectivity index (χ0n) is 12.5. The van der Waals surface area contributed by atoms with Crippen molar-refractivity contribution in [1.82, 2.24) is 4.90 Å². The highest BCUT2D eigenvalue weighted by Gasteiger charge is 2.30. The number of halogens is 1. The first kappa shape index (κ1) is 15.9. The van der Waals surface area contributed by atoms with Crippen molar-refractivity contribution in [2.45, 2.75) is 38.3 Å². The van der Waals surface area contributed by atoms with Crippen LogP contribution in [0.1, 0.15) is 37.8 Å². The van der Waals surface area contributed by atoms with Crippen LogP contribution in [-0.2, 0) is 4.79 Å². The molecule has 2 unspecified atom stereocenters. The highest BCUT2D eigenvalue weighted by molar-refractivity contribution is 5.73. The topological polar surface area (TPSA) is 72.3 Å². The molecule has 1 fully saturated rings. The molecular weight excluding hydrogens is 269 g/mol. The number of carbonyl (C=O) groups excluding carboxylic acids is 1. The SMILES string of the molecule is CC(N)C(c1ccccc1F)N1CCC(CC(N)=O)CC1. The molecule has 4 N–H and O–H groups in total. The number of nitrogens with two attached hydrogens (primary N) is 2. The second kappa shape index (κ2) is 7.00. The first-order valence-corrected chi connectivity index (χ1v) is 7.51. The van der Waals surface area contributed by atoms with Crippen molar-refractivity contribution in [3.63, 3.8) is 0 Å². The van der Waals surface area contributed by atoms with Crippen LogP contribution >= 0.6 is 0 Å². The first-order valence-electron chi connectivity index (χ1n) is 7.51. The van der Waals surface area contributed by atoms with E-state index in [9.17, 15) is 9.18 Å². The molecule has 1 heterocycles. The van der Waals surface area contributed by atoms with Crippen LogP contribution in [0, 0.1) is 11.7 Å². The van der Waals surface area contributed by atoms with Gasteiger partial charge in [0.05, 0.1) is 6.04 Å². The third-order valence-corrected chi connectivity index (χ3v) is 4.25. The third-order valence-electron chi connectivity index (χ3n) is 4.25. The van der Waals surface area contributed by atoms with Crippen molar-refractivity contribution >= 4 is 5.91 Å². The fourth-order valence-corrected chi connectivity index (χ4v) is 3.25. The summed E-state index contributed by atoms with van der Waals surface area (Å²) in [5, 5.41) is 0. The van der Waals surface area contributed by atoms with Crippen molar-refractivity contribution in [2.75, 3.05) is 13.1 Å². The number of likely N-dealkylation sites (tertiary alicyclic amines) is 1. The summed E-state index contributed by atoms with van der Waals surface area (Å²) in [5.41, 5.74) is 12.0. The van der Waals surface area contributed by atoms with Crippen molar-refractivity contribution in [3.05, 3.63) is 35.6 Å². The lowest BCUT2D eigenvalue weighted by Gasteiger charge is -2.39. The molecule has 0 saturated carbocycles. The Bertz CT molecular complexity index is 484. The van der Waals surface area contributed by atoms with Gasteiger partial charge in [0.15, 0.2) is 0 Å². The van der Waals surface area contributed by atoms with E-state index >= 15 is 0 Å². The number of benzene rings is 1. The van der Waals surface area contributed by atoms with E-state index < -0.39 is 0 Å². The Kier molecular flexibility index (Phi) is 5.31. The summed E-state index contributed by atoms with van der Waals surface area (Å²) in [4.78, 5) is 13.2. The van der Waals surface area contributed by atoms with Gasteiger partial charge in [-0.05, 0) is 44.8 Å². The second-order valence-electron chi connectivity index (χ2n) is 5.98. The maximum absolute atomic E-state index is 14.1. The molecule has 1 aromatic rings. The fraction of sp³-hybridized carbons (Fsp3) is 0.562. The Morgan fingerprint density at radius 1 is 1.38 bits per heavy atom. The minimum absolute atomic E-state index is 0.124. The van der Waals surface area contributed by atoms with Crippen LogP contribution in [0.5, 0.6) is 0 Å². The smallest absolute Gasteiger partial charge is 0.217 e. The van der Waals surface area contributed by atoms with Gasteiger partial charge in [-0.3, -0.25) is 9.69 Å². The summed E-state index contributed by atoms with van der Waals surface area (Å²) in [5.74, 6) is -0.113. The molecule has 0 aliphatic carbocycles. The van der Waals surface area contributed by atoms with Crippen LogP contribution in [0.3, 0.4) is 0 Å². The minimum atomic E-state index is -0.244. The van der Waals surface area contributed by atoms with E-state index in [1.807, 2.05) is 13.0 Å². The predicted molar refractivity (Wildman–Crippen MR) is 80.9 cm³/mol. The van der Waals surface area contributed by atoms with Gasteiger partial charge in [-0.2, -0.15) is 0 Å². The highest BCUT2D eigenvalue weighted by Crippen LogP contribution is 2.31. The molecule has 4 nitrogen and oxygen atoms in total. The van der Waals surface area contributed by atoms with Gasteiger partial charge in [0.1, 0.15) is 5.82 Å². The molecular formula is C16H24FN3O. The van der Waals surface area contributed by atoms with Crippen molar-refractivity contribution in [2.24, 2.45) is 17.4 Å². The first-order chi connectivity index (χ1) is 9.99. The molecule has 2 rings (SSSR count). The lowest BCUT2D eigenvalue weighted by atomic mass is 9.90. The summed E-state index contributed by atoms with van der Waals surface area (Å²) in [7, 11) is 0. The van der Waals surface area contributed by atoms with Crippen molar-refractivity contribution < 1.29 is 9.18 Å². The van der Waals surface area contributed by atoms with Crippen LogP contribution in [0.2, 0.25) is 0 Å². The number of amides is 1. The van der Waals surface area contributed by atoms with Crippen LogP contribution in [-0.4, -0.2) is 29.9 Å². The maximum atomic E-state index is 14.1. The van der Waals surface area contributed by atoms with Gasteiger partial charge in [0, 0.05) is 18.0 Å². The fourth-order valence-electron chi connectivity index (χ4n) is 3.25. The molecule has 2 atom stereocenters. The standard InChI is InChI=1S/C16H24FN3O/c1-11(18)16(13-4-2-3-5-14(13)17)20-8-6-12(7-9-20)10-15(19)21/h2-5,11-12,16H,6-10,18H2,1H3,(H2,19,21). The maximum Gasteiger partial charge on any atom is 0.217 e. The minimum Gasteiger partial charge on any atom is -0.370 e. The predicted octanol–water partition coefficient (Wildman–Crippen LogP) is 1.80. The summed E-state index contributed by atoms with van der Waals surface area (Å²) in [6.07, 6.45) is 2.25. The Labute approximate surface area is 125 Å². The molecule has 0 bridgehead atoms. The molecule has 1 saturated heterocycles. The number of piperidine rings is 1. The molecule has 1 amide bonds. The van der Waals surface area contributed by atoms with E-state index in [0.717, 1.165) is 25.9 Å². The molecule has 1 aliphatic heterocycles. The van der Waals surface area contributed by atoms with Gasteiger partial charge in [-0.1, -0.05) is 18.2 Å². The van der Waals surface area contributed by atoms with Gasteiger partial charge in [0.25, 0.3) is 0 Å². The molecule has 1 aromatic carbocycles.